The van der Waals surface area contributed by atoms with E-state index in [0.717, 1.165) is 0 Å². The number of rotatable bonds is 9. The van der Waals surface area contributed by atoms with Gasteiger partial charge < -0.3 is 14.8 Å². The van der Waals surface area contributed by atoms with Gasteiger partial charge in [0, 0.05) is 37.6 Å². The SMILES string of the molecule is CCCC(F)OC(=O)C1(c2cc(Cl)cc(CN3CCNCC3C(=O)OC(C(F)(F)F)C(F)(F)F)c2)CCCC1. The van der Waals surface area contributed by atoms with E-state index in [0.29, 0.717) is 49.8 Å². The lowest BCUT2D eigenvalue weighted by Crippen LogP contribution is -2.57. The Labute approximate surface area is 226 Å². The summed E-state index contributed by atoms with van der Waals surface area (Å²) >= 11 is 6.34. The molecule has 1 heterocycles. The molecule has 0 aromatic heterocycles. The minimum atomic E-state index is -5.83. The van der Waals surface area contributed by atoms with Gasteiger partial charge in [0.25, 0.3) is 6.10 Å². The molecule has 2 aliphatic rings. The van der Waals surface area contributed by atoms with Crippen LogP contribution in [0.1, 0.15) is 56.6 Å². The Balaban J connectivity index is 1.84. The van der Waals surface area contributed by atoms with Crippen molar-refractivity contribution in [1.29, 1.82) is 0 Å². The first-order chi connectivity index (χ1) is 18.2. The molecular formula is C25H30ClF7N2O4. The highest BCUT2D eigenvalue weighted by molar-refractivity contribution is 6.30. The number of hydrogen-bond donors (Lipinski definition) is 1. The maximum Gasteiger partial charge on any atom is 0.434 e. The predicted molar refractivity (Wildman–Crippen MR) is 127 cm³/mol. The molecule has 2 fully saturated rings. The highest BCUT2D eigenvalue weighted by Crippen LogP contribution is 2.44. The zero-order chi connectivity index (χ0) is 29.0. The molecule has 1 saturated heterocycles. The third-order valence-electron chi connectivity index (χ3n) is 6.95. The topological polar surface area (TPSA) is 67.9 Å². The normalized spacial score (nSPS) is 21.1. The summed E-state index contributed by atoms with van der Waals surface area (Å²) in [5.74, 6) is -2.40. The lowest BCUT2D eigenvalue weighted by molar-refractivity contribution is -0.314. The van der Waals surface area contributed by atoms with Crippen molar-refractivity contribution in [3.8, 4) is 0 Å². The van der Waals surface area contributed by atoms with Crippen LogP contribution in [0.2, 0.25) is 5.02 Å². The van der Waals surface area contributed by atoms with Crippen LogP contribution in [-0.2, 0) is 31.0 Å². The molecule has 39 heavy (non-hydrogen) atoms. The van der Waals surface area contributed by atoms with Crippen molar-refractivity contribution in [2.24, 2.45) is 0 Å². The average Bonchev–Trinajstić information content (AvgIpc) is 3.32. The van der Waals surface area contributed by atoms with Gasteiger partial charge in [-0.2, -0.15) is 26.3 Å². The lowest BCUT2D eigenvalue weighted by atomic mass is 9.78. The van der Waals surface area contributed by atoms with Gasteiger partial charge in [0.15, 0.2) is 0 Å². The second-order valence-electron chi connectivity index (χ2n) is 9.83. The predicted octanol–water partition coefficient (Wildman–Crippen LogP) is 5.60. The zero-order valence-corrected chi connectivity index (χ0v) is 21.9. The highest BCUT2D eigenvalue weighted by atomic mass is 35.5. The lowest BCUT2D eigenvalue weighted by Gasteiger charge is -2.36. The second-order valence-corrected chi connectivity index (χ2v) is 10.3. The van der Waals surface area contributed by atoms with E-state index >= 15 is 0 Å². The fourth-order valence-corrected chi connectivity index (χ4v) is 5.30. The molecule has 14 heteroatoms. The molecule has 1 aromatic carbocycles. The molecule has 1 aromatic rings. The number of piperazine rings is 1. The van der Waals surface area contributed by atoms with Crippen LogP contribution >= 0.6 is 11.6 Å². The minimum absolute atomic E-state index is 0.0482. The number of halogens is 8. The molecule has 3 rings (SSSR count). The highest BCUT2D eigenvalue weighted by Gasteiger charge is 2.60. The fraction of sp³-hybridized carbons (Fsp3) is 0.680. The van der Waals surface area contributed by atoms with Crippen LogP contribution in [0.4, 0.5) is 30.7 Å². The molecular weight excluding hydrogens is 561 g/mol. The monoisotopic (exact) mass is 590 g/mol. The van der Waals surface area contributed by atoms with Crippen LogP contribution in [0, 0.1) is 0 Å². The fourth-order valence-electron chi connectivity index (χ4n) is 5.04. The molecule has 220 valence electrons. The van der Waals surface area contributed by atoms with E-state index in [1.54, 1.807) is 19.1 Å². The number of nitrogens with one attached hydrogen (secondary N) is 1. The van der Waals surface area contributed by atoms with Gasteiger partial charge in [0.1, 0.15) is 6.04 Å². The standard InChI is InChI=1S/C25H30ClF7N2O4/c1-2-5-19(27)38-22(37)23(6-3-4-7-23)16-10-15(11-17(26)12-16)14-35-9-8-34-13-18(35)20(36)39-21(24(28,29)30)25(31,32)33/h10-12,18-19,21,34H,2-9,13-14H2,1H3. The first-order valence-corrected chi connectivity index (χ1v) is 13.0. The molecule has 0 amide bonds. The van der Waals surface area contributed by atoms with E-state index in [-0.39, 0.29) is 31.1 Å². The van der Waals surface area contributed by atoms with E-state index in [4.69, 9.17) is 16.3 Å². The number of ether oxygens (including phenoxy) is 2. The van der Waals surface area contributed by atoms with Gasteiger partial charge in [-0.3, -0.25) is 14.5 Å². The third-order valence-corrected chi connectivity index (χ3v) is 7.17. The van der Waals surface area contributed by atoms with Crippen LogP contribution in [0.25, 0.3) is 0 Å². The number of nitrogens with zero attached hydrogens (tertiary/aromatic N) is 1. The minimum Gasteiger partial charge on any atom is -0.442 e. The maximum atomic E-state index is 14.2. The number of alkyl halides is 7. The molecule has 0 bridgehead atoms. The quantitative estimate of drug-likeness (QED) is 0.298. The molecule has 1 aliphatic carbocycles. The first kappa shape index (κ1) is 31.4. The first-order valence-electron chi connectivity index (χ1n) is 12.6. The number of esters is 2. The van der Waals surface area contributed by atoms with Gasteiger partial charge in [-0.25, -0.2) is 4.39 Å². The van der Waals surface area contributed by atoms with Gasteiger partial charge in [-0.05, 0) is 42.5 Å². The van der Waals surface area contributed by atoms with E-state index in [1.807, 2.05) is 0 Å². The summed E-state index contributed by atoms with van der Waals surface area (Å²) in [7, 11) is 0. The Bertz CT molecular complexity index is 1000. The summed E-state index contributed by atoms with van der Waals surface area (Å²) < 4.78 is 101. The van der Waals surface area contributed by atoms with Crippen molar-refractivity contribution in [2.75, 3.05) is 19.6 Å². The third kappa shape index (κ3) is 7.75. The number of hydrogen-bond acceptors (Lipinski definition) is 6. The molecule has 2 atom stereocenters. The molecule has 2 unspecified atom stereocenters. The van der Waals surface area contributed by atoms with Crippen molar-refractivity contribution in [3.05, 3.63) is 34.3 Å². The smallest absolute Gasteiger partial charge is 0.434 e. The van der Waals surface area contributed by atoms with E-state index < -0.39 is 48.2 Å². The Morgan fingerprint density at radius 1 is 1.10 bits per heavy atom. The Hall–Kier alpha value is -2.12. The van der Waals surface area contributed by atoms with Crippen LogP contribution in [-0.4, -0.2) is 67.3 Å². The van der Waals surface area contributed by atoms with Gasteiger partial charge in [-0.1, -0.05) is 37.4 Å². The van der Waals surface area contributed by atoms with Crippen LogP contribution in [0.15, 0.2) is 18.2 Å². The molecule has 1 N–H and O–H groups in total. The van der Waals surface area contributed by atoms with E-state index in [9.17, 15) is 40.3 Å². The summed E-state index contributed by atoms with van der Waals surface area (Å²) in [6.07, 6.45) is -15.0. The Morgan fingerprint density at radius 2 is 1.74 bits per heavy atom. The molecule has 1 saturated carbocycles. The largest absolute Gasteiger partial charge is 0.442 e. The van der Waals surface area contributed by atoms with Crippen LogP contribution < -0.4 is 5.32 Å². The molecule has 0 radical (unpaired) electrons. The van der Waals surface area contributed by atoms with Gasteiger partial charge in [-0.15, -0.1) is 0 Å². The average molecular weight is 591 g/mol. The summed E-state index contributed by atoms with van der Waals surface area (Å²) in [5, 5.41) is 2.99. The summed E-state index contributed by atoms with van der Waals surface area (Å²) in [6.45, 7) is 1.86. The number of benzene rings is 1. The van der Waals surface area contributed by atoms with Crippen LogP contribution in [0.3, 0.4) is 0 Å². The molecule has 0 spiro atoms. The van der Waals surface area contributed by atoms with Gasteiger partial charge in [0.2, 0.25) is 6.36 Å². The van der Waals surface area contributed by atoms with Gasteiger partial charge >= 0.3 is 24.3 Å². The van der Waals surface area contributed by atoms with Crippen molar-refractivity contribution in [2.45, 2.75) is 88.3 Å². The zero-order valence-electron chi connectivity index (χ0n) is 21.1. The van der Waals surface area contributed by atoms with E-state index in [2.05, 4.69) is 10.1 Å². The summed E-state index contributed by atoms with van der Waals surface area (Å²) in [5.41, 5.74) is -0.212. The van der Waals surface area contributed by atoms with Crippen molar-refractivity contribution in [3.63, 3.8) is 0 Å². The summed E-state index contributed by atoms with van der Waals surface area (Å²) in [4.78, 5) is 27.0. The summed E-state index contributed by atoms with van der Waals surface area (Å²) in [6, 6.07) is 3.27. The molecule has 6 nitrogen and oxygen atoms in total. The number of carbonyl (C=O) groups excluding carboxylic acids is 2. The van der Waals surface area contributed by atoms with Crippen molar-refractivity contribution in [1.82, 2.24) is 10.2 Å². The Morgan fingerprint density at radius 3 is 2.33 bits per heavy atom. The van der Waals surface area contributed by atoms with Crippen molar-refractivity contribution < 1.29 is 49.8 Å². The Kier molecular flexibility index (Phi) is 10.1. The maximum absolute atomic E-state index is 14.2. The second kappa shape index (κ2) is 12.6. The van der Waals surface area contributed by atoms with Gasteiger partial charge in [0.05, 0.1) is 5.41 Å². The van der Waals surface area contributed by atoms with Crippen LogP contribution in [0.5, 0.6) is 0 Å². The van der Waals surface area contributed by atoms with Crippen molar-refractivity contribution >= 4 is 23.5 Å². The number of carbonyl (C=O) groups is 2. The molecule has 1 aliphatic heterocycles. The van der Waals surface area contributed by atoms with E-state index in [1.165, 1.54) is 11.0 Å².